The molecule has 0 spiro atoms. The van der Waals surface area contributed by atoms with Crippen LogP contribution in [0.3, 0.4) is 0 Å². The van der Waals surface area contributed by atoms with Crippen LogP contribution in [-0.2, 0) is 0 Å². The molecular weight excluding hydrogens is 173 g/mol. The van der Waals surface area contributed by atoms with Crippen molar-refractivity contribution in [2.24, 2.45) is 5.40 Å². The van der Waals surface area contributed by atoms with Crippen molar-refractivity contribution in [3.05, 3.63) is 0 Å². The van der Waals surface area contributed by atoms with E-state index in [4.69, 9.17) is 5.40 Å². The van der Waals surface area contributed by atoms with Crippen molar-refractivity contribution in [3.63, 3.8) is 0 Å². The molecule has 0 atom stereocenters. The maximum atomic E-state index is 6.51. The van der Waals surface area contributed by atoms with Gasteiger partial charge in [-0.05, 0) is 7.75 Å². The smallest absolute Gasteiger partial charge is 0.379 e. The van der Waals surface area contributed by atoms with Gasteiger partial charge in [-0.25, -0.2) is 8.31 Å². The average Bonchev–Trinajstić information content (AvgIpc) is 1.84. The Labute approximate surface area is 92.2 Å². The van der Waals surface area contributed by atoms with Gasteiger partial charge in [-0.2, -0.15) is 13.1 Å². The monoisotopic (exact) mass is 195 g/mol. The van der Waals surface area contributed by atoms with Crippen molar-refractivity contribution in [2.45, 2.75) is 51.9 Å². The third-order valence-electron chi connectivity index (χ3n) is 2.78. The molecule has 0 bridgehead atoms. The fraction of sp³-hybridized carbons (Fsp3) is 1.00. The maximum absolute atomic E-state index is 6.51. The third kappa shape index (κ3) is 3.04. The van der Waals surface area contributed by atoms with Crippen molar-refractivity contribution >= 4 is 16.1 Å². The topological polar surface area (TPSA) is 26.0 Å². The minimum Gasteiger partial charge on any atom is -0.379 e. The first-order chi connectivity index (χ1) is 4.83. The van der Waals surface area contributed by atoms with Gasteiger partial charge in [0.15, 0.2) is 0 Å². The zero-order valence-corrected chi connectivity index (χ0v) is 11.7. The van der Waals surface area contributed by atoms with Crippen LogP contribution < -0.4 is 24.3 Å². The van der Waals surface area contributed by atoms with Crippen LogP contribution in [0.2, 0.25) is 24.2 Å². The Bertz CT molecular complexity index is 104. The van der Waals surface area contributed by atoms with Gasteiger partial charge in [-0.3, -0.25) is 0 Å². The van der Waals surface area contributed by atoms with Crippen molar-refractivity contribution < 1.29 is 18.9 Å². The molecule has 0 saturated carbocycles. The van der Waals surface area contributed by atoms with E-state index in [0.29, 0.717) is 0 Å². The second-order valence-electron chi connectivity index (χ2n) is 4.24. The molecule has 0 aliphatic rings. The van der Waals surface area contributed by atoms with Gasteiger partial charge in [0, 0.05) is 0 Å². The van der Waals surface area contributed by atoms with E-state index in [1.165, 1.54) is 0 Å². The molecule has 2 N–H and O–H groups in total. The Kier molecular flexibility index (Phi) is 7.30. The minimum atomic E-state index is -1.38. The molecule has 12 heavy (non-hydrogen) atoms. The summed E-state index contributed by atoms with van der Waals surface area (Å²) in [5.74, 6) is 0. The SMILES string of the molecule is CC(C)[Si](N)(C(C)C)[Si-](C)C.[Li+]. The first kappa shape index (κ1) is 15.5. The van der Waals surface area contributed by atoms with E-state index < -0.39 is 7.75 Å². The van der Waals surface area contributed by atoms with E-state index in [9.17, 15) is 0 Å². The molecule has 0 aromatic heterocycles. The zero-order chi connectivity index (χ0) is 9.23. The van der Waals surface area contributed by atoms with Crippen LogP contribution >= 0.6 is 0 Å². The Morgan fingerprint density at radius 3 is 1.25 bits per heavy atom. The Hall–Kier alpha value is 0.991. The summed E-state index contributed by atoms with van der Waals surface area (Å²) in [6.45, 7) is 13.9. The summed E-state index contributed by atoms with van der Waals surface area (Å²) in [6.07, 6.45) is 0. The van der Waals surface area contributed by atoms with Gasteiger partial charge >= 0.3 is 18.9 Å². The van der Waals surface area contributed by atoms with Crippen LogP contribution in [-0.4, -0.2) is 16.1 Å². The molecule has 0 fully saturated rings. The largest absolute Gasteiger partial charge is 1.00 e. The second kappa shape index (κ2) is 5.66. The molecule has 0 aliphatic carbocycles. The Balaban J connectivity index is 0. The van der Waals surface area contributed by atoms with E-state index in [1.54, 1.807) is 0 Å². The summed E-state index contributed by atoms with van der Waals surface area (Å²) in [4.78, 5) is 0. The molecule has 0 aliphatic heterocycles. The zero-order valence-electron chi connectivity index (χ0n) is 9.73. The second-order valence-corrected chi connectivity index (χ2v) is 16.0. The first-order valence-corrected chi connectivity index (χ1v) is 10.2. The summed E-state index contributed by atoms with van der Waals surface area (Å²) in [6, 6.07) is 0. The van der Waals surface area contributed by atoms with Crippen LogP contribution in [0.5, 0.6) is 0 Å². The van der Waals surface area contributed by atoms with Gasteiger partial charge in [0.2, 0.25) is 0 Å². The van der Waals surface area contributed by atoms with Crippen LogP contribution in [0.15, 0.2) is 0 Å². The molecule has 0 aromatic carbocycles. The van der Waals surface area contributed by atoms with E-state index in [0.717, 1.165) is 11.1 Å². The molecule has 0 saturated heterocycles. The minimum absolute atomic E-state index is 0. The van der Waals surface area contributed by atoms with Crippen LogP contribution in [0.4, 0.5) is 0 Å². The molecule has 0 heterocycles. The standard InChI is InChI=1S/C8H22NSi2.Li/c1-7(2)11(9,8(3)4)10(5)6;/h7-8H,9H2,1-6H3;/q-1;+1. The Morgan fingerprint density at radius 1 is 1.00 bits per heavy atom. The molecular formula is C8H22LiNSi2. The van der Waals surface area contributed by atoms with E-state index >= 15 is 0 Å². The molecule has 68 valence electrons. The Morgan fingerprint density at radius 2 is 1.25 bits per heavy atom. The van der Waals surface area contributed by atoms with E-state index in [2.05, 4.69) is 40.8 Å². The van der Waals surface area contributed by atoms with E-state index in [1.807, 2.05) is 0 Å². The van der Waals surface area contributed by atoms with Crippen LogP contribution in [0, 0.1) is 0 Å². The summed E-state index contributed by atoms with van der Waals surface area (Å²) in [7, 11) is -1.63. The molecule has 0 amide bonds. The van der Waals surface area contributed by atoms with Gasteiger partial charge in [0.1, 0.15) is 0 Å². The first-order valence-electron chi connectivity index (χ1n) is 4.43. The summed E-state index contributed by atoms with van der Waals surface area (Å²) in [5.41, 5.74) is 1.48. The molecule has 0 radical (unpaired) electrons. The normalized spacial score (nSPS) is 12.5. The number of hydrogen-bond donors (Lipinski definition) is 1. The van der Waals surface area contributed by atoms with Gasteiger partial charge in [0.05, 0.1) is 0 Å². The maximum Gasteiger partial charge on any atom is 1.00 e. The quantitative estimate of drug-likeness (QED) is 0.607. The summed E-state index contributed by atoms with van der Waals surface area (Å²) < 4.78 is 0. The third-order valence-corrected chi connectivity index (χ3v) is 17.0. The van der Waals surface area contributed by atoms with Crippen LogP contribution in [0.25, 0.3) is 0 Å². The van der Waals surface area contributed by atoms with Crippen molar-refractivity contribution in [1.29, 1.82) is 0 Å². The molecule has 0 unspecified atom stereocenters. The van der Waals surface area contributed by atoms with Gasteiger partial charge in [0.25, 0.3) is 0 Å². The molecule has 1 nitrogen and oxygen atoms in total. The van der Waals surface area contributed by atoms with Crippen LogP contribution in [0.1, 0.15) is 27.7 Å². The van der Waals surface area contributed by atoms with Gasteiger partial charge < -0.3 is 5.40 Å². The fourth-order valence-corrected chi connectivity index (χ4v) is 12.4. The van der Waals surface area contributed by atoms with Crippen molar-refractivity contribution in [1.82, 2.24) is 0 Å². The predicted octanol–water partition coefficient (Wildman–Crippen LogP) is -0.453. The van der Waals surface area contributed by atoms with Gasteiger partial charge in [-0.1, -0.05) is 38.8 Å². The predicted molar refractivity (Wildman–Crippen MR) is 57.6 cm³/mol. The molecule has 4 heteroatoms. The summed E-state index contributed by atoms with van der Waals surface area (Å²) in [5, 5.41) is 6.51. The van der Waals surface area contributed by atoms with Crippen molar-refractivity contribution in [3.8, 4) is 0 Å². The number of hydrogen-bond acceptors (Lipinski definition) is 1. The van der Waals surface area contributed by atoms with E-state index in [-0.39, 0.29) is 27.2 Å². The fourth-order valence-electron chi connectivity index (χ4n) is 1.82. The average molecular weight is 195 g/mol. The van der Waals surface area contributed by atoms with Crippen molar-refractivity contribution in [2.75, 3.05) is 0 Å². The summed E-state index contributed by atoms with van der Waals surface area (Å²) >= 11 is 0. The molecule has 0 aromatic rings. The number of nitrogens with two attached hydrogens (primary N) is 1. The van der Waals surface area contributed by atoms with Gasteiger partial charge in [-0.15, -0.1) is 0 Å². The number of rotatable bonds is 3. The molecule has 0 rings (SSSR count).